The summed E-state index contributed by atoms with van der Waals surface area (Å²) in [6, 6.07) is 5.34. The van der Waals surface area contributed by atoms with Crippen molar-refractivity contribution in [3.05, 3.63) is 39.4 Å². The molecule has 1 aromatic carbocycles. The van der Waals surface area contributed by atoms with E-state index in [9.17, 15) is 9.59 Å². The highest BCUT2D eigenvalue weighted by atomic mass is 79.9. The molecule has 2 aromatic rings. The molecule has 0 atom stereocenters. The summed E-state index contributed by atoms with van der Waals surface area (Å²) in [4.78, 5) is 26.3. The van der Waals surface area contributed by atoms with Crippen LogP contribution in [0.5, 0.6) is 0 Å². The highest BCUT2D eigenvalue weighted by Gasteiger charge is 2.06. The van der Waals surface area contributed by atoms with Crippen molar-refractivity contribution >= 4 is 33.1 Å². The fraction of sp³-hybridized carbons (Fsp3) is 0.100. The molecular weight excluding hydrogens is 260 g/mol. The van der Waals surface area contributed by atoms with Crippen molar-refractivity contribution in [1.82, 2.24) is 9.55 Å². The first-order valence-electron chi connectivity index (χ1n) is 4.31. The molecule has 0 aliphatic heterocycles. The second-order valence-corrected chi connectivity index (χ2v) is 3.86. The van der Waals surface area contributed by atoms with Gasteiger partial charge < -0.3 is 4.79 Å². The van der Waals surface area contributed by atoms with Crippen molar-refractivity contribution in [3.8, 4) is 0 Å². The molecule has 4 nitrogen and oxygen atoms in total. The van der Waals surface area contributed by atoms with Gasteiger partial charge in [-0.15, -0.1) is 0 Å². The smallest absolute Gasteiger partial charge is 0.262 e. The van der Waals surface area contributed by atoms with Gasteiger partial charge in [-0.1, -0.05) is 6.07 Å². The highest BCUT2D eigenvalue weighted by molar-refractivity contribution is 9.10. The maximum atomic E-state index is 11.9. The average molecular weight is 267 g/mol. The van der Waals surface area contributed by atoms with E-state index in [1.165, 1.54) is 10.9 Å². The number of hydrogen-bond donors (Lipinski definition) is 0. The molecule has 0 N–H and O–H groups in total. The lowest BCUT2D eigenvalue weighted by molar-refractivity contribution is -0.108. The van der Waals surface area contributed by atoms with Gasteiger partial charge in [0.15, 0.2) is 0 Å². The number of aldehydes is 1. The van der Waals surface area contributed by atoms with Gasteiger partial charge in [0.1, 0.15) is 6.29 Å². The Balaban J connectivity index is 2.83. The molecule has 1 heterocycles. The largest absolute Gasteiger partial charge is 0.301 e. The summed E-state index contributed by atoms with van der Waals surface area (Å²) in [5.74, 6) is 0. The van der Waals surface area contributed by atoms with Gasteiger partial charge in [0.05, 0.1) is 23.8 Å². The third-order valence-corrected chi connectivity index (χ3v) is 2.73. The van der Waals surface area contributed by atoms with Crippen molar-refractivity contribution in [2.45, 2.75) is 6.54 Å². The zero-order valence-corrected chi connectivity index (χ0v) is 9.27. The van der Waals surface area contributed by atoms with Gasteiger partial charge in [-0.25, -0.2) is 4.98 Å². The van der Waals surface area contributed by atoms with Crippen LogP contribution in [0.2, 0.25) is 0 Å². The van der Waals surface area contributed by atoms with E-state index in [1.54, 1.807) is 12.1 Å². The number of rotatable bonds is 2. The van der Waals surface area contributed by atoms with Crippen LogP contribution in [0.4, 0.5) is 0 Å². The Hall–Kier alpha value is -1.49. The number of nitrogens with zero attached hydrogens (tertiary/aromatic N) is 2. The standard InChI is InChI=1S/C10H7BrN2O2/c11-7-2-1-3-8-9(7)10(15)13(4-5-14)6-12-8/h1-3,5-6H,4H2. The maximum absolute atomic E-state index is 11.9. The second kappa shape index (κ2) is 3.94. The molecule has 0 spiro atoms. The summed E-state index contributed by atoms with van der Waals surface area (Å²) in [7, 11) is 0. The van der Waals surface area contributed by atoms with Crippen molar-refractivity contribution in [3.63, 3.8) is 0 Å². The molecular formula is C10H7BrN2O2. The van der Waals surface area contributed by atoms with E-state index in [2.05, 4.69) is 20.9 Å². The van der Waals surface area contributed by atoms with Crippen LogP contribution in [0.25, 0.3) is 10.9 Å². The third kappa shape index (κ3) is 1.70. The molecule has 2 rings (SSSR count). The first kappa shape index (κ1) is 10.0. The highest BCUT2D eigenvalue weighted by Crippen LogP contribution is 2.18. The summed E-state index contributed by atoms with van der Waals surface area (Å²) < 4.78 is 1.97. The quantitative estimate of drug-likeness (QED) is 0.772. The van der Waals surface area contributed by atoms with E-state index in [0.717, 1.165) is 0 Å². The Morgan fingerprint density at radius 2 is 2.27 bits per heavy atom. The third-order valence-electron chi connectivity index (χ3n) is 2.07. The summed E-state index contributed by atoms with van der Waals surface area (Å²) >= 11 is 3.29. The topological polar surface area (TPSA) is 52.0 Å². The molecule has 0 radical (unpaired) electrons. The lowest BCUT2D eigenvalue weighted by Crippen LogP contribution is -2.21. The van der Waals surface area contributed by atoms with Gasteiger partial charge in [-0.05, 0) is 28.1 Å². The summed E-state index contributed by atoms with van der Waals surface area (Å²) in [5, 5.41) is 0.502. The monoisotopic (exact) mass is 266 g/mol. The summed E-state index contributed by atoms with van der Waals surface area (Å²) in [5.41, 5.74) is 0.413. The maximum Gasteiger partial charge on any atom is 0.262 e. The number of carbonyl (C=O) groups excluding carboxylic acids is 1. The van der Waals surface area contributed by atoms with Gasteiger partial charge in [0.2, 0.25) is 0 Å². The molecule has 0 amide bonds. The van der Waals surface area contributed by atoms with Gasteiger partial charge in [0, 0.05) is 4.47 Å². The van der Waals surface area contributed by atoms with Crippen molar-refractivity contribution in [2.24, 2.45) is 0 Å². The van der Waals surface area contributed by atoms with Gasteiger partial charge in [-0.2, -0.15) is 0 Å². The molecule has 15 heavy (non-hydrogen) atoms. The Labute approximate surface area is 93.7 Å². The van der Waals surface area contributed by atoms with Gasteiger partial charge in [-0.3, -0.25) is 9.36 Å². The number of hydrogen-bond acceptors (Lipinski definition) is 3. The van der Waals surface area contributed by atoms with Crippen molar-refractivity contribution in [2.75, 3.05) is 0 Å². The van der Waals surface area contributed by atoms with Crippen LogP contribution in [0.15, 0.2) is 33.8 Å². The Kier molecular flexibility index (Phi) is 2.64. The predicted molar refractivity (Wildman–Crippen MR) is 59.8 cm³/mol. The first-order chi connectivity index (χ1) is 7.24. The zero-order chi connectivity index (χ0) is 10.8. The number of fused-ring (bicyclic) bond motifs is 1. The molecule has 1 aromatic heterocycles. The lowest BCUT2D eigenvalue weighted by Gasteiger charge is -2.03. The van der Waals surface area contributed by atoms with Crippen LogP contribution in [0, 0.1) is 0 Å². The molecule has 0 saturated carbocycles. The van der Waals surface area contributed by atoms with E-state index in [1.807, 2.05) is 6.07 Å². The van der Waals surface area contributed by atoms with Gasteiger partial charge >= 0.3 is 0 Å². The molecule has 0 saturated heterocycles. The predicted octanol–water partition coefficient (Wildman–Crippen LogP) is 1.36. The van der Waals surface area contributed by atoms with Crippen LogP contribution in [-0.4, -0.2) is 15.8 Å². The second-order valence-electron chi connectivity index (χ2n) is 3.00. The SMILES string of the molecule is O=CCn1cnc2cccc(Br)c2c1=O. The summed E-state index contributed by atoms with van der Waals surface area (Å²) in [6.45, 7) is 0.0309. The Morgan fingerprint density at radius 3 is 3.00 bits per heavy atom. The van der Waals surface area contributed by atoms with E-state index < -0.39 is 0 Å². The molecule has 0 bridgehead atoms. The fourth-order valence-corrected chi connectivity index (χ4v) is 1.90. The van der Waals surface area contributed by atoms with Crippen LogP contribution in [-0.2, 0) is 11.3 Å². The normalized spacial score (nSPS) is 10.5. The fourth-order valence-electron chi connectivity index (χ4n) is 1.37. The Morgan fingerprint density at radius 1 is 1.47 bits per heavy atom. The molecule has 0 fully saturated rings. The summed E-state index contributed by atoms with van der Waals surface area (Å²) in [6.07, 6.45) is 2.05. The molecule has 0 unspecified atom stereocenters. The number of benzene rings is 1. The molecule has 5 heteroatoms. The number of carbonyl (C=O) groups is 1. The van der Waals surface area contributed by atoms with Crippen LogP contribution in [0.1, 0.15) is 0 Å². The lowest BCUT2D eigenvalue weighted by atomic mass is 10.2. The minimum absolute atomic E-state index is 0.0309. The number of aromatic nitrogens is 2. The zero-order valence-electron chi connectivity index (χ0n) is 7.68. The number of halogens is 1. The minimum Gasteiger partial charge on any atom is -0.301 e. The minimum atomic E-state index is -0.209. The van der Waals surface area contributed by atoms with E-state index >= 15 is 0 Å². The molecule has 0 aliphatic rings. The van der Waals surface area contributed by atoms with Gasteiger partial charge in [0.25, 0.3) is 5.56 Å². The Bertz CT molecular complexity index is 577. The van der Waals surface area contributed by atoms with Crippen molar-refractivity contribution in [1.29, 1.82) is 0 Å². The van der Waals surface area contributed by atoms with Crippen LogP contribution >= 0.6 is 15.9 Å². The van der Waals surface area contributed by atoms with Crippen molar-refractivity contribution < 1.29 is 4.79 Å². The first-order valence-corrected chi connectivity index (χ1v) is 5.10. The van der Waals surface area contributed by atoms with E-state index in [-0.39, 0.29) is 12.1 Å². The average Bonchev–Trinajstić information content (AvgIpc) is 2.22. The molecule has 76 valence electrons. The van der Waals surface area contributed by atoms with Crippen LogP contribution in [0.3, 0.4) is 0 Å². The van der Waals surface area contributed by atoms with E-state index in [4.69, 9.17) is 0 Å². The molecule has 0 aliphatic carbocycles. The van der Waals surface area contributed by atoms with Crippen LogP contribution < -0.4 is 5.56 Å². The van der Waals surface area contributed by atoms with E-state index in [0.29, 0.717) is 21.7 Å².